The van der Waals surface area contributed by atoms with Crippen LogP contribution in [0.25, 0.3) is 0 Å². The van der Waals surface area contributed by atoms with Crippen LogP contribution >= 0.6 is 0 Å². The first-order chi connectivity index (χ1) is 12.2. The Hall–Kier alpha value is -2.08. The predicted octanol–water partition coefficient (Wildman–Crippen LogP) is 2.39. The molecule has 1 amide bonds. The second-order valence-corrected chi connectivity index (χ2v) is 6.90. The standard InChI is InChI=1S/C19H29N5O/c1-3-24-16-18(14-20-24)15-21-7-6-10-23(12-11-21)19(25)13-17(2)22-8-4-5-9-22/h4-5,8-9,14,16-17H,3,6-7,10-13,15H2,1-2H3/t17-/m0/s1. The maximum Gasteiger partial charge on any atom is 0.224 e. The van der Waals surface area contributed by atoms with Gasteiger partial charge in [-0.1, -0.05) is 0 Å². The number of rotatable bonds is 6. The minimum atomic E-state index is 0.210. The number of aryl methyl sites for hydroxylation is 1. The molecule has 3 rings (SSSR count). The molecule has 0 bridgehead atoms. The van der Waals surface area contributed by atoms with Gasteiger partial charge in [-0.25, -0.2) is 0 Å². The summed E-state index contributed by atoms with van der Waals surface area (Å²) >= 11 is 0. The van der Waals surface area contributed by atoms with Gasteiger partial charge in [0, 0.05) is 75.9 Å². The minimum absolute atomic E-state index is 0.210. The van der Waals surface area contributed by atoms with Gasteiger partial charge in [-0.05, 0) is 32.4 Å². The van der Waals surface area contributed by atoms with Crippen molar-refractivity contribution in [2.45, 2.75) is 45.8 Å². The zero-order valence-electron chi connectivity index (χ0n) is 15.3. The van der Waals surface area contributed by atoms with Crippen molar-refractivity contribution in [2.24, 2.45) is 0 Å². The summed E-state index contributed by atoms with van der Waals surface area (Å²) in [5.41, 5.74) is 1.25. The Morgan fingerprint density at radius 1 is 1.20 bits per heavy atom. The second-order valence-electron chi connectivity index (χ2n) is 6.90. The Balaban J connectivity index is 1.49. The average molecular weight is 343 g/mol. The van der Waals surface area contributed by atoms with E-state index in [1.54, 1.807) is 0 Å². The van der Waals surface area contributed by atoms with Crippen LogP contribution in [0.4, 0.5) is 0 Å². The number of hydrogen-bond acceptors (Lipinski definition) is 3. The fourth-order valence-corrected chi connectivity index (χ4v) is 3.43. The molecule has 1 aliphatic rings. The molecule has 2 aromatic heterocycles. The van der Waals surface area contributed by atoms with Gasteiger partial charge in [-0.2, -0.15) is 5.10 Å². The molecule has 1 aliphatic heterocycles. The fraction of sp³-hybridized carbons (Fsp3) is 0.579. The topological polar surface area (TPSA) is 46.3 Å². The molecule has 3 heterocycles. The number of hydrogen-bond donors (Lipinski definition) is 0. The minimum Gasteiger partial charge on any atom is -0.351 e. The fourth-order valence-electron chi connectivity index (χ4n) is 3.43. The van der Waals surface area contributed by atoms with E-state index >= 15 is 0 Å². The second kappa shape index (κ2) is 8.34. The highest BCUT2D eigenvalue weighted by Gasteiger charge is 2.21. The van der Waals surface area contributed by atoms with Gasteiger partial charge >= 0.3 is 0 Å². The lowest BCUT2D eigenvalue weighted by molar-refractivity contribution is -0.131. The van der Waals surface area contributed by atoms with Crippen molar-refractivity contribution in [3.8, 4) is 0 Å². The summed E-state index contributed by atoms with van der Waals surface area (Å²) in [6.45, 7) is 9.67. The van der Waals surface area contributed by atoms with Crippen molar-refractivity contribution in [2.75, 3.05) is 26.2 Å². The smallest absolute Gasteiger partial charge is 0.224 e. The first-order valence-electron chi connectivity index (χ1n) is 9.29. The van der Waals surface area contributed by atoms with Crippen LogP contribution < -0.4 is 0 Å². The van der Waals surface area contributed by atoms with Crippen molar-refractivity contribution in [3.63, 3.8) is 0 Å². The molecular formula is C19H29N5O. The lowest BCUT2D eigenvalue weighted by Crippen LogP contribution is -2.36. The van der Waals surface area contributed by atoms with Gasteiger partial charge < -0.3 is 9.47 Å². The third-order valence-electron chi connectivity index (χ3n) is 4.96. The summed E-state index contributed by atoms with van der Waals surface area (Å²) in [7, 11) is 0. The van der Waals surface area contributed by atoms with Crippen LogP contribution in [-0.4, -0.2) is 56.2 Å². The van der Waals surface area contributed by atoms with Crippen molar-refractivity contribution in [1.29, 1.82) is 0 Å². The molecule has 0 unspecified atom stereocenters. The molecule has 0 aromatic carbocycles. The highest BCUT2D eigenvalue weighted by Crippen LogP contribution is 2.15. The number of nitrogens with zero attached hydrogens (tertiary/aromatic N) is 5. The van der Waals surface area contributed by atoms with E-state index in [1.807, 2.05) is 40.3 Å². The normalized spacial score (nSPS) is 17.4. The van der Waals surface area contributed by atoms with Crippen molar-refractivity contribution in [3.05, 3.63) is 42.5 Å². The van der Waals surface area contributed by atoms with Crippen molar-refractivity contribution in [1.82, 2.24) is 24.1 Å². The zero-order valence-corrected chi connectivity index (χ0v) is 15.3. The number of carbonyl (C=O) groups is 1. The highest BCUT2D eigenvalue weighted by molar-refractivity contribution is 5.76. The summed E-state index contributed by atoms with van der Waals surface area (Å²) in [6.07, 6.45) is 9.73. The lowest BCUT2D eigenvalue weighted by atomic mass is 10.2. The molecule has 6 nitrogen and oxygen atoms in total. The molecule has 0 saturated carbocycles. The third kappa shape index (κ3) is 4.72. The Kier molecular flexibility index (Phi) is 5.91. The number of carbonyl (C=O) groups excluding carboxylic acids is 1. The molecule has 2 aromatic rings. The van der Waals surface area contributed by atoms with Crippen molar-refractivity contribution >= 4 is 5.91 Å². The SMILES string of the molecule is CCn1cc(CN2CCCN(C(=O)C[C@H](C)n3cccc3)CC2)cn1. The summed E-state index contributed by atoms with van der Waals surface area (Å²) < 4.78 is 4.07. The van der Waals surface area contributed by atoms with Crippen molar-refractivity contribution < 1.29 is 4.79 Å². The Morgan fingerprint density at radius 2 is 2.00 bits per heavy atom. The van der Waals surface area contributed by atoms with Crippen LogP contribution in [0.15, 0.2) is 36.9 Å². The first kappa shape index (κ1) is 17.7. The van der Waals surface area contributed by atoms with E-state index in [0.717, 1.165) is 45.7 Å². The predicted molar refractivity (Wildman–Crippen MR) is 98.1 cm³/mol. The maximum atomic E-state index is 12.6. The van der Waals surface area contributed by atoms with E-state index in [-0.39, 0.29) is 11.9 Å². The molecule has 0 aliphatic carbocycles. The molecule has 1 atom stereocenters. The van der Waals surface area contributed by atoms with E-state index in [9.17, 15) is 4.79 Å². The van der Waals surface area contributed by atoms with E-state index in [2.05, 4.69) is 34.6 Å². The van der Waals surface area contributed by atoms with Gasteiger partial charge in [0.05, 0.1) is 6.20 Å². The number of amides is 1. The molecule has 25 heavy (non-hydrogen) atoms. The molecule has 1 fully saturated rings. The molecule has 1 saturated heterocycles. The largest absolute Gasteiger partial charge is 0.351 e. The van der Waals surface area contributed by atoms with E-state index in [4.69, 9.17) is 0 Å². The van der Waals surface area contributed by atoms with Crippen LogP contribution in [0.3, 0.4) is 0 Å². The van der Waals surface area contributed by atoms with Gasteiger partial charge in [0.15, 0.2) is 0 Å². The zero-order chi connectivity index (χ0) is 17.6. The number of aromatic nitrogens is 3. The molecule has 136 valence electrons. The van der Waals surface area contributed by atoms with Crippen LogP contribution in [-0.2, 0) is 17.9 Å². The van der Waals surface area contributed by atoms with Crippen LogP contribution in [0.5, 0.6) is 0 Å². The van der Waals surface area contributed by atoms with Gasteiger partial charge in [-0.3, -0.25) is 14.4 Å². The van der Waals surface area contributed by atoms with Crippen LogP contribution in [0, 0.1) is 0 Å². The molecular weight excluding hydrogens is 314 g/mol. The Labute approximate surface area is 150 Å². The third-order valence-corrected chi connectivity index (χ3v) is 4.96. The molecule has 0 spiro atoms. The van der Waals surface area contributed by atoms with E-state index in [0.29, 0.717) is 6.42 Å². The van der Waals surface area contributed by atoms with Gasteiger partial charge in [-0.15, -0.1) is 0 Å². The molecule has 0 radical (unpaired) electrons. The maximum absolute atomic E-state index is 12.6. The lowest BCUT2D eigenvalue weighted by Gasteiger charge is -2.23. The van der Waals surface area contributed by atoms with Gasteiger partial charge in [0.25, 0.3) is 0 Å². The van der Waals surface area contributed by atoms with Gasteiger partial charge in [0.1, 0.15) is 0 Å². The first-order valence-corrected chi connectivity index (χ1v) is 9.29. The molecule has 0 N–H and O–H groups in total. The Bertz CT molecular complexity index is 663. The summed E-state index contributed by atoms with van der Waals surface area (Å²) in [5.74, 6) is 0.266. The van der Waals surface area contributed by atoms with Crippen LogP contribution in [0.2, 0.25) is 0 Å². The van der Waals surface area contributed by atoms with E-state index in [1.165, 1.54) is 5.56 Å². The van der Waals surface area contributed by atoms with Crippen LogP contribution in [0.1, 0.15) is 38.3 Å². The van der Waals surface area contributed by atoms with E-state index < -0.39 is 0 Å². The van der Waals surface area contributed by atoms with Gasteiger partial charge in [0.2, 0.25) is 5.91 Å². The quantitative estimate of drug-likeness (QED) is 0.809. The highest BCUT2D eigenvalue weighted by atomic mass is 16.2. The summed E-state index contributed by atoms with van der Waals surface area (Å²) in [4.78, 5) is 17.1. The summed E-state index contributed by atoms with van der Waals surface area (Å²) in [5, 5.41) is 4.35. The summed E-state index contributed by atoms with van der Waals surface area (Å²) in [6, 6.07) is 4.22. The monoisotopic (exact) mass is 343 g/mol. The average Bonchev–Trinajstić information content (AvgIpc) is 3.24. The molecule has 6 heteroatoms. The Morgan fingerprint density at radius 3 is 2.72 bits per heavy atom.